The second-order valence-corrected chi connectivity index (χ2v) is 9.73. The van der Waals surface area contributed by atoms with Gasteiger partial charge in [0.1, 0.15) is 0 Å². The lowest BCUT2D eigenvalue weighted by Gasteiger charge is -2.18. The predicted octanol–water partition coefficient (Wildman–Crippen LogP) is 3.81. The van der Waals surface area contributed by atoms with Crippen molar-refractivity contribution in [3.05, 3.63) is 65.2 Å². The van der Waals surface area contributed by atoms with E-state index in [0.717, 1.165) is 30.8 Å². The molecule has 32 heavy (non-hydrogen) atoms. The smallest absolute Gasteiger partial charge is 0.243 e. The average Bonchev–Trinajstić information content (AvgIpc) is 2.81. The van der Waals surface area contributed by atoms with Crippen LogP contribution in [0, 0.1) is 0 Å². The maximum atomic E-state index is 12.6. The third-order valence-electron chi connectivity index (χ3n) is 5.72. The fourth-order valence-electron chi connectivity index (χ4n) is 3.56. The van der Waals surface area contributed by atoms with Crippen LogP contribution in [0.3, 0.4) is 0 Å². The van der Waals surface area contributed by atoms with Gasteiger partial charge in [0.15, 0.2) is 0 Å². The molecule has 0 aromatic heterocycles. The standard InChI is InChI=1S/C25H37N3O3S/c1-5-27(6-2)20-23-11-9-22(10-12-23)19-26-25(29)18-15-21-13-16-24(17-14-21)32(30,31)28(7-3)8-4/h9-14,16-17H,5-8,15,18-20H2,1-4H3,(H,26,29). The van der Waals surface area contributed by atoms with E-state index in [1.54, 1.807) is 24.3 Å². The molecule has 0 bridgehead atoms. The highest BCUT2D eigenvalue weighted by Crippen LogP contribution is 2.17. The maximum absolute atomic E-state index is 12.6. The van der Waals surface area contributed by atoms with Crippen LogP contribution in [0.1, 0.15) is 50.8 Å². The molecule has 2 aromatic carbocycles. The Morgan fingerprint density at radius 2 is 1.31 bits per heavy atom. The highest BCUT2D eigenvalue weighted by molar-refractivity contribution is 7.89. The quantitative estimate of drug-likeness (QED) is 0.495. The highest BCUT2D eigenvalue weighted by atomic mass is 32.2. The van der Waals surface area contributed by atoms with Crippen molar-refractivity contribution in [3.63, 3.8) is 0 Å². The van der Waals surface area contributed by atoms with E-state index in [0.29, 0.717) is 37.4 Å². The fraction of sp³-hybridized carbons (Fsp3) is 0.480. The molecule has 0 aliphatic rings. The number of hydrogen-bond acceptors (Lipinski definition) is 4. The largest absolute Gasteiger partial charge is 0.352 e. The number of sulfonamides is 1. The predicted molar refractivity (Wildman–Crippen MR) is 130 cm³/mol. The van der Waals surface area contributed by atoms with E-state index >= 15 is 0 Å². The van der Waals surface area contributed by atoms with Crippen LogP contribution in [0.5, 0.6) is 0 Å². The molecule has 7 heteroatoms. The molecule has 0 saturated carbocycles. The summed E-state index contributed by atoms with van der Waals surface area (Å²) in [6, 6.07) is 15.2. The minimum Gasteiger partial charge on any atom is -0.352 e. The average molecular weight is 460 g/mol. The highest BCUT2D eigenvalue weighted by Gasteiger charge is 2.21. The first-order chi connectivity index (χ1) is 15.3. The van der Waals surface area contributed by atoms with E-state index < -0.39 is 10.0 Å². The molecular formula is C25H37N3O3S. The van der Waals surface area contributed by atoms with E-state index in [9.17, 15) is 13.2 Å². The summed E-state index contributed by atoms with van der Waals surface area (Å²) in [6.07, 6.45) is 0.933. The molecule has 6 nitrogen and oxygen atoms in total. The number of nitrogens with one attached hydrogen (secondary N) is 1. The van der Waals surface area contributed by atoms with Crippen molar-refractivity contribution in [3.8, 4) is 0 Å². The number of carbonyl (C=O) groups is 1. The van der Waals surface area contributed by atoms with Gasteiger partial charge in [0, 0.05) is 32.6 Å². The van der Waals surface area contributed by atoms with Crippen molar-refractivity contribution in [2.75, 3.05) is 26.2 Å². The number of rotatable bonds is 13. The third-order valence-corrected chi connectivity index (χ3v) is 7.78. The maximum Gasteiger partial charge on any atom is 0.243 e. The fourth-order valence-corrected chi connectivity index (χ4v) is 5.01. The van der Waals surface area contributed by atoms with Gasteiger partial charge in [-0.2, -0.15) is 4.31 Å². The van der Waals surface area contributed by atoms with Crippen molar-refractivity contribution >= 4 is 15.9 Å². The Balaban J connectivity index is 1.82. The Labute approximate surface area is 193 Å². The second kappa shape index (κ2) is 12.7. The summed E-state index contributed by atoms with van der Waals surface area (Å²) < 4.78 is 26.5. The van der Waals surface area contributed by atoms with Gasteiger partial charge >= 0.3 is 0 Å². The Morgan fingerprint density at radius 1 is 0.781 bits per heavy atom. The van der Waals surface area contributed by atoms with Crippen LogP contribution in [0.2, 0.25) is 0 Å². The van der Waals surface area contributed by atoms with E-state index in [2.05, 4.69) is 48.3 Å². The monoisotopic (exact) mass is 459 g/mol. The first-order valence-electron chi connectivity index (χ1n) is 11.5. The lowest BCUT2D eigenvalue weighted by Crippen LogP contribution is -2.30. The zero-order valence-electron chi connectivity index (χ0n) is 19.8. The van der Waals surface area contributed by atoms with Gasteiger partial charge in [-0.15, -0.1) is 0 Å². The van der Waals surface area contributed by atoms with Crippen molar-refractivity contribution in [1.29, 1.82) is 0 Å². The van der Waals surface area contributed by atoms with Gasteiger partial charge < -0.3 is 5.32 Å². The summed E-state index contributed by atoms with van der Waals surface area (Å²) >= 11 is 0. The molecule has 1 amide bonds. The topological polar surface area (TPSA) is 69.7 Å². The summed E-state index contributed by atoms with van der Waals surface area (Å²) in [5.41, 5.74) is 3.29. The van der Waals surface area contributed by atoms with Gasteiger partial charge in [0.25, 0.3) is 0 Å². The Hall–Kier alpha value is -2.22. The minimum atomic E-state index is -3.45. The molecule has 176 valence electrons. The van der Waals surface area contributed by atoms with Gasteiger partial charge in [-0.05, 0) is 48.3 Å². The molecule has 0 saturated heterocycles. The van der Waals surface area contributed by atoms with Gasteiger partial charge in [0.2, 0.25) is 15.9 Å². The molecular weight excluding hydrogens is 422 g/mol. The summed E-state index contributed by atoms with van der Waals surface area (Å²) in [7, 11) is -3.45. The van der Waals surface area contributed by atoms with Crippen molar-refractivity contribution in [1.82, 2.24) is 14.5 Å². The number of hydrogen-bond donors (Lipinski definition) is 1. The first kappa shape index (κ1) is 26.0. The zero-order valence-corrected chi connectivity index (χ0v) is 20.6. The lowest BCUT2D eigenvalue weighted by atomic mass is 10.1. The van der Waals surface area contributed by atoms with Crippen molar-refractivity contribution < 1.29 is 13.2 Å². The molecule has 0 heterocycles. The number of amides is 1. The Bertz CT molecular complexity index is 933. The number of benzene rings is 2. The van der Waals surface area contributed by atoms with Crippen LogP contribution < -0.4 is 5.32 Å². The summed E-state index contributed by atoms with van der Waals surface area (Å²) in [5.74, 6) is -0.0166. The van der Waals surface area contributed by atoms with Crippen molar-refractivity contribution in [2.24, 2.45) is 0 Å². The molecule has 0 atom stereocenters. The number of carbonyl (C=O) groups excluding carboxylic acids is 1. The van der Waals surface area contributed by atoms with Crippen LogP contribution in [-0.2, 0) is 34.3 Å². The molecule has 2 rings (SSSR count). The summed E-state index contributed by atoms with van der Waals surface area (Å²) in [4.78, 5) is 14.9. The molecule has 0 aliphatic carbocycles. The van der Waals surface area contributed by atoms with E-state index in [4.69, 9.17) is 0 Å². The minimum absolute atomic E-state index is 0.0166. The van der Waals surface area contributed by atoms with Gasteiger partial charge in [0.05, 0.1) is 4.90 Å². The SMILES string of the molecule is CCN(CC)Cc1ccc(CNC(=O)CCc2ccc(S(=O)(=O)N(CC)CC)cc2)cc1. The molecule has 0 fully saturated rings. The third kappa shape index (κ3) is 7.43. The van der Waals surface area contributed by atoms with E-state index in [-0.39, 0.29) is 5.91 Å². The van der Waals surface area contributed by atoms with Gasteiger partial charge in [-0.3, -0.25) is 9.69 Å². The Morgan fingerprint density at radius 3 is 1.84 bits per heavy atom. The van der Waals surface area contributed by atoms with Crippen molar-refractivity contribution in [2.45, 2.75) is 58.5 Å². The Kier molecular flexibility index (Phi) is 10.4. The van der Waals surface area contributed by atoms with Gasteiger partial charge in [-0.25, -0.2) is 8.42 Å². The van der Waals surface area contributed by atoms with Crippen LogP contribution in [0.25, 0.3) is 0 Å². The van der Waals surface area contributed by atoms with Crippen LogP contribution in [0.4, 0.5) is 0 Å². The molecule has 0 radical (unpaired) electrons. The van der Waals surface area contributed by atoms with Crippen LogP contribution in [-0.4, -0.2) is 49.7 Å². The number of nitrogens with zero attached hydrogens (tertiary/aromatic N) is 2. The van der Waals surface area contributed by atoms with E-state index in [1.165, 1.54) is 9.87 Å². The van der Waals surface area contributed by atoms with Crippen LogP contribution >= 0.6 is 0 Å². The molecule has 2 aromatic rings. The van der Waals surface area contributed by atoms with Crippen LogP contribution in [0.15, 0.2) is 53.4 Å². The normalized spacial score (nSPS) is 11.8. The van der Waals surface area contributed by atoms with Gasteiger partial charge in [-0.1, -0.05) is 64.1 Å². The molecule has 0 unspecified atom stereocenters. The van der Waals surface area contributed by atoms with E-state index in [1.807, 2.05) is 13.8 Å². The molecule has 0 aliphatic heterocycles. The second-order valence-electron chi connectivity index (χ2n) is 7.79. The number of aryl methyl sites for hydroxylation is 1. The summed E-state index contributed by atoms with van der Waals surface area (Å²) in [6.45, 7) is 12.4. The molecule has 0 spiro atoms. The molecule has 1 N–H and O–H groups in total. The summed E-state index contributed by atoms with van der Waals surface area (Å²) in [5, 5.41) is 2.97. The first-order valence-corrected chi connectivity index (χ1v) is 12.9. The lowest BCUT2D eigenvalue weighted by molar-refractivity contribution is -0.121. The zero-order chi connectivity index (χ0) is 23.6.